The van der Waals surface area contributed by atoms with Crippen LogP contribution in [0.3, 0.4) is 0 Å². The minimum absolute atomic E-state index is 0.0684. The summed E-state index contributed by atoms with van der Waals surface area (Å²) in [5.41, 5.74) is 0.431. The zero-order valence-electron chi connectivity index (χ0n) is 9.66. The van der Waals surface area contributed by atoms with Crippen LogP contribution in [0.5, 0.6) is 0 Å². The maximum atomic E-state index is 12.0. The van der Waals surface area contributed by atoms with Crippen molar-refractivity contribution in [1.82, 2.24) is 15.1 Å². The highest BCUT2D eigenvalue weighted by molar-refractivity contribution is 6.33. The van der Waals surface area contributed by atoms with Crippen LogP contribution >= 0.6 is 11.6 Å². The van der Waals surface area contributed by atoms with Crippen LogP contribution in [0, 0.1) is 0 Å². The molecule has 0 bridgehead atoms. The van der Waals surface area contributed by atoms with Crippen LogP contribution in [0.25, 0.3) is 0 Å². The second-order valence-corrected chi connectivity index (χ2v) is 3.84. The maximum Gasteiger partial charge on any atom is 0.198 e. The van der Waals surface area contributed by atoms with Gasteiger partial charge in [-0.1, -0.05) is 11.6 Å². The number of halogens is 1. The first-order valence-electron chi connectivity index (χ1n) is 5.03. The number of carbonyl (C=O) groups is 1. The number of likely N-dealkylation sites (N-methyl/N-ethyl adjacent to an activating group) is 1. The zero-order valence-corrected chi connectivity index (χ0v) is 10.4. The molecule has 1 N–H and O–H groups in total. The fourth-order valence-electron chi connectivity index (χ4n) is 1.29. The van der Waals surface area contributed by atoms with E-state index in [0.717, 1.165) is 0 Å². The van der Waals surface area contributed by atoms with E-state index in [2.05, 4.69) is 10.4 Å². The fraction of sp³-hybridized carbons (Fsp3) is 0.600. The molecule has 0 radical (unpaired) electrons. The molecule has 0 saturated carbocycles. The minimum atomic E-state index is -0.282. The molecule has 0 aliphatic carbocycles. The third-order valence-electron chi connectivity index (χ3n) is 2.36. The lowest BCUT2D eigenvalue weighted by Crippen LogP contribution is -2.32. The molecule has 0 spiro atoms. The van der Waals surface area contributed by atoms with E-state index in [4.69, 9.17) is 16.3 Å². The number of ketones is 1. The Labute approximate surface area is 99.7 Å². The number of Topliss-reactive ketones (excluding diaryl/α,β-unsaturated/α-hetero) is 1. The monoisotopic (exact) mass is 245 g/mol. The van der Waals surface area contributed by atoms with Crippen LogP contribution in [-0.2, 0) is 11.3 Å². The van der Waals surface area contributed by atoms with Gasteiger partial charge in [-0.05, 0) is 14.0 Å². The summed E-state index contributed by atoms with van der Waals surface area (Å²) in [5.74, 6) is -0.0684. The van der Waals surface area contributed by atoms with Crippen molar-refractivity contribution in [3.05, 3.63) is 16.9 Å². The number of hydrogen-bond donors (Lipinski definition) is 1. The van der Waals surface area contributed by atoms with Gasteiger partial charge in [0.15, 0.2) is 5.78 Å². The van der Waals surface area contributed by atoms with Gasteiger partial charge in [-0.2, -0.15) is 5.10 Å². The van der Waals surface area contributed by atoms with E-state index >= 15 is 0 Å². The van der Waals surface area contributed by atoms with E-state index < -0.39 is 0 Å². The van der Waals surface area contributed by atoms with Crippen molar-refractivity contribution < 1.29 is 9.53 Å². The molecule has 0 aliphatic heterocycles. The Morgan fingerprint density at radius 1 is 1.75 bits per heavy atom. The van der Waals surface area contributed by atoms with Crippen molar-refractivity contribution >= 4 is 17.4 Å². The van der Waals surface area contributed by atoms with Crippen molar-refractivity contribution in [1.29, 1.82) is 0 Å². The van der Waals surface area contributed by atoms with Crippen LogP contribution in [0.2, 0.25) is 5.02 Å². The van der Waals surface area contributed by atoms with Crippen LogP contribution in [0.4, 0.5) is 0 Å². The molecule has 1 unspecified atom stereocenters. The van der Waals surface area contributed by atoms with Crippen molar-refractivity contribution in [2.75, 3.05) is 20.8 Å². The Morgan fingerprint density at radius 3 is 3.00 bits per heavy atom. The predicted molar refractivity (Wildman–Crippen MR) is 62.0 cm³/mol. The first-order chi connectivity index (χ1) is 7.61. The lowest BCUT2D eigenvalue weighted by molar-refractivity contribution is 0.0941. The van der Waals surface area contributed by atoms with E-state index in [9.17, 15) is 4.79 Å². The van der Waals surface area contributed by atoms with Gasteiger partial charge in [0.2, 0.25) is 0 Å². The first-order valence-corrected chi connectivity index (χ1v) is 5.41. The van der Waals surface area contributed by atoms with Gasteiger partial charge in [-0.3, -0.25) is 9.48 Å². The van der Waals surface area contributed by atoms with Gasteiger partial charge in [0.25, 0.3) is 0 Å². The Morgan fingerprint density at radius 2 is 2.44 bits per heavy atom. The zero-order chi connectivity index (χ0) is 12.1. The molecule has 0 amide bonds. The lowest BCUT2D eigenvalue weighted by atomic mass is 10.1. The molecule has 1 atom stereocenters. The number of rotatable bonds is 6. The predicted octanol–water partition coefficient (Wildman–Crippen LogP) is 0.973. The van der Waals surface area contributed by atoms with Crippen LogP contribution in [0.1, 0.15) is 17.4 Å². The largest absolute Gasteiger partial charge is 0.383 e. The minimum Gasteiger partial charge on any atom is -0.383 e. The van der Waals surface area contributed by atoms with Crippen LogP contribution in [0.15, 0.2) is 6.20 Å². The number of methoxy groups -OCH3 is 1. The third kappa shape index (κ3) is 2.81. The molecule has 1 aromatic rings. The molecule has 1 rings (SSSR count). The molecular formula is C10H16ClN3O2. The highest BCUT2D eigenvalue weighted by atomic mass is 35.5. The van der Waals surface area contributed by atoms with Crippen LogP contribution in [-0.4, -0.2) is 42.4 Å². The summed E-state index contributed by atoms with van der Waals surface area (Å²) in [6, 6.07) is -0.282. The average molecular weight is 246 g/mol. The Kier molecular flexibility index (Phi) is 4.92. The number of hydrogen-bond acceptors (Lipinski definition) is 4. The highest BCUT2D eigenvalue weighted by Crippen LogP contribution is 2.17. The van der Waals surface area contributed by atoms with Crippen LogP contribution < -0.4 is 5.32 Å². The number of carbonyl (C=O) groups excluding carboxylic acids is 1. The highest BCUT2D eigenvalue weighted by Gasteiger charge is 2.21. The molecule has 1 heterocycles. The van der Waals surface area contributed by atoms with Gasteiger partial charge in [-0.25, -0.2) is 0 Å². The molecule has 1 aromatic heterocycles. The summed E-state index contributed by atoms with van der Waals surface area (Å²) in [6.07, 6.45) is 1.48. The van der Waals surface area contributed by atoms with Gasteiger partial charge >= 0.3 is 0 Å². The molecule has 0 saturated heterocycles. The van der Waals surface area contributed by atoms with Crippen molar-refractivity contribution in [3.63, 3.8) is 0 Å². The lowest BCUT2D eigenvalue weighted by Gasteiger charge is -2.11. The van der Waals surface area contributed by atoms with E-state index in [0.29, 0.717) is 23.9 Å². The van der Waals surface area contributed by atoms with E-state index in [1.54, 1.807) is 25.8 Å². The molecule has 16 heavy (non-hydrogen) atoms. The van der Waals surface area contributed by atoms with E-state index in [-0.39, 0.29) is 11.8 Å². The van der Waals surface area contributed by atoms with E-state index in [1.807, 2.05) is 0 Å². The third-order valence-corrected chi connectivity index (χ3v) is 2.64. The number of aromatic nitrogens is 2. The maximum absolute atomic E-state index is 12.0. The molecule has 0 aliphatic rings. The Hall–Kier alpha value is -0.910. The number of nitrogens with zero attached hydrogens (tertiary/aromatic N) is 2. The fourth-order valence-corrected chi connectivity index (χ4v) is 1.53. The first kappa shape index (κ1) is 13.2. The summed E-state index contributed by atoms with van der Waals surface area (Å²) >= 11 is 5.95. The second kappa shape index (κ2) is 5.98. The normalized spacial score (nSPS) is 12.8. The standard InChI is InChI=1S/C10H16ClN3O2/c1-7(12-2)10(15)9-8(11)6-13-14(9)4-5-16-3/h6-7,12H,4-5H2,1-3H3. The van der Waals surface area contributed by atoms with Gasteiger partial charge in [-0.15, -0.1) is 0 Å². The molecule has 0 aromatic carbocycles. The smallest absolute Gasteiger partial charge is 0.198 e. The Balaban J connectivity index is 2.92. The summed E-state index contributed by atoms with van der Waals surface area (Å²) in [7, 11) is 3.33. The summed E-state index contributed by atoms with van der Waals surface area (Å²) in [5, 5.41) is 7.31. The number of nitrogens with one attached hydrogen (secondary N) is 1. The molecule has 5 nitrogen and oxygen atoms in total. The summed E-state index contributed by atoms with van der Waals surface area (Å²) in [4.78, 5) is 12.0. The second-order valence-electron chi connectivity index (χ2n) is 3.43. The van der Waals surface area contributed by atoms with Gasteiger partial charge in [0, 0.05) is 7.11 Å². The van der Waals surface area contributed by atoms with Crippen molar-refractivity contribution in [2.24, 2.45) is 0 Å². The van der Waals surface area contributed by atoms with Gasteiger partial charge < -0.3 is 10.1 Å². The SMILES string of the molecule is CNC(C)C(=O)c1c(Cl)cnn1CCOC. The molecule has 6 heteroatoms. The molecule has 0 fully saturated rings. The van der Waals surface area contributed by atoms with Gasteiger partial charge in [0.1, 0.15) is 5.69 Å². The summed E-state index contributed by atoms with van der Waals surface area (Å²) in [6.45, 7) is 2.79. The number of ether oxygens (including phenoxy) is 1. The summed E-state index contributed by atoms with van der Waals surface area (Å²) < 4.78 is 6.52. The van der Waals surface area contributed by atoms with Crippen molar-refractivity contribution in [2.45, 2.75) is 19.5 Å². The van der Waals surface area contributed by atoms with Crippen molar-refractivity contribution in [3.8, 4) is 0 Å². The molecular weight excluding hydrogens is 230 g/mol. The van der Waals surface area contributed by atoms with E-state index in [1.165, 1.54) is 6.20 Å². The quantitative estimate of drug-likeness (QED) is 0.759. The Bertz CT molecular complexity index is 365. The topological polar surface area (TPSA) is 56.2 Å². The molecule has 90 valence electrons. The average Bonchev–Trinajstić information content (AvgIpc) is 2.65. The van der Waals surface area contributed by atoms with Gasteiger partial charge in [0.05, 0.1) is 30.4 Å².